The molecule has 2 aromatic heterocycles. The molecule has 0 unspecified atom stereocenters. The molecular formula is C17H23N5O3S. The number of carbonyl (C=O) groups excluding carboxylic acids is 1. The summed E-state index contributed by atoms with van der Waals surface area (Å²) < 4.78 is 22.9. The van der Waals surface area contributed by atoms with Crippen LogP contribution in [0.2, 0.25) is 0 Å². The molecule has 0 atom stereocenters. The van der Waals surface area contributed by atoms with Crippen molar-refractivity contribution in [1.82, 2.24) is 15.0 Å². The number of rotatable bonds is 4. The van der Waals surface area contributed by atoms with Crippen LogP contribution in [0.25, 0.3) is 11.3 Å². The van der Waals surface area contributed by atoms with Crippen LogP contribution in [0.15, 0.2) is 59.9 Å². The number of hydrogen-bond donors (Lipinski definition) is 2. The zero-order chi connectivity index (χ0) is 18.7. The molecule has 3 rings (SSSR count). The maximum absolute atomic E-state index is 12.6. The van der Waals surface area contributed by atoms with Gasteiger partial charge in [0.2, 0.25) is 10.0 Å². The number of aromatic nitrogens is 3. The third-order valence-electron chi connectivity index (χ3n) is 3.55. The monoisotopic (exact) mass is 377 g/mol. The first-order chi connectivity index (χ1) is 12.3. The summed E-state index contributed by atoms with van der Waals surface area (Å²) in [6, 6.07) is 9.24. The van der Waals surface area contributed by atoms with Crippen LogP contribution in [0.1, 0.15) is 21.9 Å². The number of sulfonamides is 1. The Labute approximate surface area is 156 Å². The smallest absolute Gasteiger partial charge is 0.276 e. The predicted octanol–water partition coefficient (Wildman–Crippen LogP) is 2.73. The number of benzene rings is 1. The van der Waals surface area contributed by atoms with Crippen molar-refractivity contribution in [2.75, 3.05) is 5.32 Å². The van der Waals surface area contributed by atoms with Crippen LogP contribution in [0.4, 0.5) is 5.69 Å². The van der Waals surface area contributed by atoms with Gasteiger partial charge in [-0.3, -0.25) is 14.8 Å². The largest absolute Gasteiger partial charge is 0.321 e. The van der Waals surface area contributed by atoms with E-state index < -0.39 is 15.9 Å². The molecule has 0 saturated carbocycles. The van der Waals surface area contributed by atoms with Crippen molar-refractivity contribution in [3.63, 3.8) is 0 Å². The summed E-state index contributed by atoms with van der Waals surface area (Å²) in [5, 5.41) is 7.72. The summed E-state index contributed by atoms with van der Waals surface area (Å²) in [7, 11) is -3.86. The second-order valence-electron chi connectivity index (χ2n) is 5.46. The minimum atomic E-state index is -3.86. The molecule has 1 aromatic carbocycles. The molecule has 26 heavy (non-hydrogen) atoms. The molecule has 1 amide bonds. The van der Waals surface area contributed by atoms with Crippen molar-refractivity contribution in [3.8, 4) is 11.3 Å². The standard InChI is InChI=1S/C17H15N5O3S.4H2/c1-11-16(22-15(10-20-11)12-4-3-7-19-9-12)17(23)21-13-5-2-6-14(8-13)26(18,24)25;;;;/h2-10H,1H3,(H,21,23)(H2,18,24,25);4*1H. The molecular weight excluding hydrogens is 354 g/mol. The van der Waals surface area contributed by atoms with E-state index in [1.54, 1.807) is 37.6 Å². The fraction of sp³-hybridized carbons (Fsp3) is 0.0588. The number of nitrogens with zero attached hydrogens (tertiary/aromatic N) is 3. The van der Waals surface area contributed by atoms with E-state index in [2.05, 4.69) is 20.3 Å². The molecule has 2 heterocycles. The van der Waals surface area contributed by atoms with E-state index in [1.165, 1.54) is 18.2 Å². The number of pyridine rings is 1. The summed E-state index contributed by atoms with van der Waals surface area (Å²) in [4.78, 5) is 25.1. The van der Waals surface area contributed by atoms with E-state index >= 15 is 0 Å². The molecule has 9 heteroatoms. The molecule has 0 aliphatic heterocycles. The first-order valence-electron chi connectivity index (χ1n) is 7.53. The SMILES string of the molecule is Cc1ncc(-c2cccnc2)nc1C(=O)Nc1cccc(S(N)(=O)=O)c1.[HH].[HH].[HH].[HH]. The van der Waals surface area contributed by atoms with E-state index in [0.717, 1.165) is 5.56 Å². The van der Waals surface area contributed by atoms with Crippen LogP contribution in [-0.2, 0) is 10.0 Å². The predicted molar refractivity (Wildman–Crippen MR) is 104 cm³/mol. The van der Waals surface area contributed by atoms with Gasteiger partial charge < -0.3 is 5.32 Å². The van der Waals surface area contributed by atoms with Gasteiger partial charge in [-0.1, -0.05) is 6.07 Å². The molecule has 3 aromatic rings. The lowest BCUT2D eigenvalue weighted by atomic mass is 10.2. The lowest BCUT2D eigenvalue weighted by Crippen LogP contribution is -2.17. The van der Waals surface area contributed by atoms with Crippen molar-refractivity contribution in [3.05, 3.63) is 66.4 Å². The van der Waals surface area contributed by atoms with Gasteiger partial charge in [-0.25, -0.2) is 18.5 Å². The first-order valence-corrected chi connectivity index (χ1v) is 9.07. The number of aryl methyl sites for hydroxylation is 1. The second-order valence-corrected chi connectivity index (χ2v) is 7.02. The first kappa shape index (κ1) is 17.6. The molecule has 3 N–H and O–H groups in total. The summed E-state index contributed by atoms with van der Waals surface area (Å²) in [6.45, 7) is 1.66. The van der Waals surface area contributed by atoms with Crippen molar-refractivity contribution in [2.24, 2.45) is 5.14 Å². The maximum Gasteiger partial charge on any atom is 0.276 e. The van der Waals surface area contributed by atoms with E-state index in [4.69, 9.17) is 5.14 Å². The molecule has 0 saturated heterocycles. The number of primary sulfonamides is 1. The fourth-order valence-electron chi connectivity index (χ4n) is 2.26. The van der Waals surface area contributed by atoms with Crippen LogP contribution in [0, 0.1) is 6.92 Å². The molecule has 0 radical (unpaired) electrons. The van der Waals surface area contributed by atoms with Crippen molar-refractivity contribution < 1.29 is 18.9 Å². The highest BCUT2D eigenvalue weighted by molar-refractivity contribution is 7.89. The lowest BCUT2D eigenvalue weighted by molar-refractivity contribution is 0.102. The number of nitrogens with one attached hydrogen (secondary N) is 1. The number of hydrogen-bond acceptors (Lipinski definition) is 6. The molecule has 140 valence electrons. The van der Waals surface area contributed by atoms with Gasteiger partial charge >= 0.3 is 0 Å². The van der Waals surface area contributed by atoms with Crippen LogP contribution < -0.4 is 10.5 Å². The molecule has 8 nitrogen and oxygen atoms in total. The van der Waals surface area contributed by atoms with Crippen molar-refractivity contribution >= 4 is 21.6 Å². The minimum absolute atomic E-state index is 0. The number of carbonyl (C=O) groups is 1. The molecule has 0 spiro atoms. The van der Waals surface area contributed by atoms with E-state index in [-0.39, 0.29) is 22.0 Å². The molecule has 0 bridgehead atoms. The Morgan fingerprint density at radius 1 is 1.19 bits per heavy atom. The van der Waals surface area contributed by atoms with Gasteiger partial charge in [0.25, 0.3) is 5.91 Å². The Morgan fingerprint density at radius 3 is 2.69 bits per heavy atom. The highest BCUT2D eigenvalue weighted by atomic mass is 32.2. The van der Waals surface area contributed by atoms with Gasteiger partial charge in [-0.15, -0.1) is 0 Å². The number of anilines is 1. The summed E-state index contributed by atoms with van der Waals surface area (Å²) in [5.41, 5.74) is 2.09. The van der Waals surface area contributed by atoms with Gasteiger partial charge in [0.15, 0.2) is 0 Å². The van der Waals surface area contributed by atoms with Gasteiger partial charge in [-0.2, -0.15) is 0 Å². The van der Waals surface area contributed by atoms with Gasteiger partial charge in [-0.05, 0) is 37.3 Å². The quantitative estimate of drug-likeness (QED) is 0.719. The number of nitrogens with two attached hydrogens (primary N) is 1. The van der Waals surface area contributed by atoms with Crippen LogP contribution >= 0.6 is 0 Å². The zero-order valence-electron chi connectivity index (χ0n) is 13.7. The maximum atomic E-state index is 12.6. The Morgan fingerprint density at radius 2 is 2.00 bits per heavy atom. The molecule has 0 aliphatic carbocycles. The van der Waals surface area contributed by atoms with E-state index in [0.29, 0.717) is 11.4 Å². The van der Waals surface area contributed by atoms with Gasteiger partial charge in [0.05, 0.1) is 22.5 Å². The second kappa shape index (κ2) is 6.98. The van der Waals surface area contributed by atoms with E-state index in [1.807, 2.05) is 6.07 Å². The lowest BCUT2D eigenvalue weighted by Gasteiger charge is -2.09. The Balaban J connectivity index is 0. The molecule has 0 fully saturated rings. The Kier molecular flexibility index (Phi) is 4.74. The summed E-state index contributed by atoms with van der Waals surface area (Å²) in [5.74, 6) is -0.507. The Hall–Kier alpha value is -3.17. The topological polar surface area (TPSA) is 128 Å². The number of amides is 1. The third-order valence-corrected chi connectivity index (χ3v) is 4.46. The summed E-state index contributed by atoms with van der Waals surface area (Å²) in [6.07, 6.45) is 4.82. The van der Waals surface area contributed by atoms with Crippen molar-refractivity contribution in [2.45, 2.75) is 11.8 Å². The van der Waals surface area contributed by atoms with Crippen LogP contribution in [0.3, 0.4) is 0 Å². The van der Waals surface area contributed by atoms with Crippen LogP contribution in [-0.4, -0.2) is 29.3 Å². The highest BCUT2D eigenvalue weighted by Crippen LogP contribution is 2.18. The zero-order valence-corrected chi connectivity index (χ0v) is 14.6. The highest BCUT2D eigenvalue weighted by Gasteiger charge is 2.15. The fourth-order valence-corrected chi connectivity index (χ4v) is 2.82. The van der Waals surface area contributed by atoms with Gasteiger partial charge in [0.1, 0.15) is 5.69 Å². The van der Waals surface area contributed by atoms with Crippen LogP contribution in [0.5, 0.6) is 0 Å². The van der Waals surface area contributed by atoms with E-state index in [9.17, 15) is 13.2 Å². The van der Waals surface area contributed by atoms with Crippen molar-refractivity contribution in [1.29, 1.82) is 0 Å². The third kappa shape index (κ3) is 3.90. The minimum Gasteiger partial charge on any atom is -0.321 e. The average Bonchev–Trinajstić information content (AvgIpc) is 2.62. The van der Waals surface area contributed by atoms with Gasteiger partial charge in [0, 0.05) is 29.4 Å². The normalized spacial score (nSPS) is 11.2. The summed E-state index contributed by atoms with van der Waals surface area (Å²) >= 11 is 0. The average molecular weight is 377 g/mol. The Bertz CT molecular complexity index is 1090. The molecule has 0 aliphatic rings.